The van der Waals surface area contributed by atoms with Gasteiger partial charge in [-0.3, -0.25) is 0 Å². The highest BCUT2D eigenvalue weighted by Gasteiger charge is 2.15. The maximum absolute atomic E-state index is 2.43. The summed E-state index contributed by atoms with van der Waals surface area (Å²) in [5, 5.41) is 7.87. The second kappa shape index (κ2) is 9.64. The number of rotatable bonds is 3. The Kier molecular flexibility index (Phi) is 5.39. The SMILES string of the molecule is c1cc(-c2ccc3sc4ccccc4c3c2)cc(-c2ccc3c(c2)c2ccccc2n3-c2ccc3sc4ccccc4c3c2)c1. The minimum atomic E-state index is 1.20. The molecule has 1 nitrogen and oxygen atoms in total. The number of hydrogen-bond acceptors (Lipinski definition) is 2. The molecule has 0 saturated heterocycles. The van der Waals surface area contributed by atoms with Gasteiger partial charge in [0.05, 0.1) is 11.0 Å². The Hall–Kier alpha value is -5.22. The standard InChI is InChI=1S/C42H25NS2/c1-4-13-37-31(10-1)34-23-28(16-19-38(34)43(37)30-18-21-42-36(25-30)33-12-3-6-15-40(33)45-42)26-8-7-9-27(22-26)29-17-20-41-35(24-29)32-11-2-5-14-39(32)44-41/h1-25H. The molecule has 10 aromatic rings. The molecular weight excluding hydrogens is 583 g/mol. The molecule has 3 heterocycles. The van der Waals surface area contributed by atoms with Crippen LogP contribution in [0.2, 0.25) is 0 Å². The van der Waals surface area contributed by atoms with Crippen molar-refractivity contribution in [3.05, 3.63) is 152 Å². The van der Waals surface area contributed by atoms with Gasteiger partial charge >= 0.3 is 0 Å². The number of hydrogen-bond donors (Lipinski definition) is 0. The van der Waals surface area contributed by atoms with Crippen LogP contribution in [0.25, 0.3) is 90.1 Å². The summed E-state index contributed by atoms with van der Waals surface area (Å²) in [6, 6.07) is 56.0. The molecule has 3 heteroatoms. The van der Waals surface area contributed by atoms with Gasteiger partial charge in [0.1, 0.15) is 0 Å². The fraction of sp³-hybridized carbons (Fsp3) is 0. The van der Waals surface area contributed by atoms with E-state index in [-0.39, 0.29) is 0 Å². The summed E-state index contributed by atoms with van der Waals surface area (Å²) in [4.78, 5) is 0. The molecule has 0 bridgehead atoms. The molecule has 0 fully saturated rings. The first-order valence-electron chi connectivity index (χ1n) is 15.3. The monoisotopic (exact) mass is 607 g/mol. The molecular formula is C42H25NS2. The van der Waals surface area contributed by atoms with Crippen molar-refractivity contribution in [2.24, 2.45) is 0 Å². The first kappa shape index (κ1) is 25.1. The second-order valence-electron chi connectivity index (χ2n) is 11.8. The molecule has 0 N–H and O–H groups in total. The van der Waals surface area contributed by atoms with E-state index in [1.54, 1.807) is 0 Å². The smallest absolute Gasteiger partial charge is 0.0541 e. The lowest BCUT2D eigenvalue weighted by Crippen LogP contribution is -1.93. The molecule has 0 unspecified atom stereocenters. The average Bonchev–Trinajstić information content (AvgIpc) is 3.77. The van der Waals surface area contributed by atoms with Crippen LogP contribution in [0, 0.1) is 0 Å². The number of fused-ring (bicyclic) bond motifs is 9. The van der Waals surface area contributed by atoms with Crippen molar-refractivity contribution in [1.29, 1.82) is 0 Å². The highest BCUT2D eigenvalue weighted by atomic mass is 32.1. The van der Waals surface area contributed by atoms with E-state index in [9.17, 15) is 0 Å². The third-order valence-electron chi connectivity index (χ3n) is 9.20. The number of aromatic nitrogens is 1. The Morgan fingerprint density at radius 1 is 0.311 bits per heavy atom. The van der Waals surface area contributed by atoms with Gasteiger partial charge in [-0.25, -0.2) is 0 Å². The fourth-order valence-electron chi connectivity index (χ4n) is 7.07. The predicted molar refractivity (Wildman–Crippen MR) is 197 cm³/mol. The molecule has 45 heavy (non-hydrogen) atoms. The number of nitrogens with zero attached hydrogens (tertiary/aromatic N) is 1. The Bertz CT molecular complexity index is 2770. The second-order valence-corrected chi connectivity index (χ2v) is 13.9. The van der Waals surface area contributed by atoms with E-state index in [4.69, 9.17) is 0 Å². The summed E-state index contributed by atoms with van der Waals surface area (Å²) in [5.41, 5.74) is 8.60. The summed E-state index contributed by atoms with van der Waals surface area (Å²) < 4.78 is 7.77. The van der Waals surface area contributed by atoms with Crippen molar-refractivity contribution in [2.45, 2.75) is 0 Å². The third-order valence-corrected chi connectivity index (χ3v) is 11.5. The molecule has 0 saturated carbocycles. The Labute approximate surface area is 267 Å². The van der Waals surface area contributed by atoms with E-state index < -0.39 is 0 Å². The summed E-state index contributed by atoms with van der Waals surface area (Å²) in [6.07, 6.45) is 0. The van der Waals surface area contributed by atoms with Gasteiger partial charge in [-0.1, -0.05) is 84.9 Å². The molecule has 3 aromatic heterocycles. The summed E-state index contributed by atoms with van der Waals surface area (Å²) >= 11 is 3.73. The van der Waals surface area contributed by atoms with Crippen molar-refractivity contribution in [3.63, 3.8) is 0 Å². The average molecular weight is 608 g/mol. The van der Waals surface area contributed by atoms with Gasteiger partial charge in [0, 0.05) is 56.8 Å². The molecule has 0 aliphatic rings. The Balaban J connectivity index is 1.12. The zero-order valence-electron chi connectivity index (χ0n) is 24.2. The van der Waals surface area contributed by atoms with Crippen molar-refractivity contribution in [2.75, 3.05) is 0 Å². The third kappa shape index (κ3) is 3.85. The molecule has 0 atom stereocenters. The van der Waals surface area contributed by atoms with E-state index in [0.29, 0.717) is 0 Å². The summed E-state index contributed by atoms with van der Waals surface area (Å²) in [6.45, 7) is 0. The normalized spacial score (nSPS) is 12.0. The lowest BCUT2D eigenvalue weighted by Gasteiger charge is -2.10. The maximum Gasteiger partial charge on any atom is 0.0541 e. The fourth-order valence-corrected chi connectivity index (χ4v) is 9.24. The first-order chi connectivity index (χ1) is 22.3. The van der Waals surface area contributed by atoms with Crippen LogP contribution in [0.15, 0.2) is 152 Å². The number of thiophene rings is 2. The number of benzene rings is 7. The van der Waals surface area contributed by atoms with Gasteiger partial charge in [-0.15, -0.1) is 22.7 Å². The maximum atomic E-state index is 2.43. The lowest BCUT2D eigenvalue weighted by molar-refractivity contribution is 1.19. The van der Waals surface area contributed by atoms with Crippen molar-refractivity contribution in [1.82, 2.24) is 4.57 Å². The molecule has 210 valence electrons. The van der Waals surface area contributed by atoms with Gasteiger partial charge in [0.15, 0.2) is 0 Å². The van der Waals surface area contributed by atoms with Gasteiger partial charge in [0.2, 0.25) is 0 Å². The van der Waals surface area contributed by atoms with Crippen molar-refractivity contribution < 1.29 is 0 Å². The van der Waals surface area contributed by atoms with Gasteiger partial charge < -0.3 is 4.57 Å². The first-order valence-corrected chi connectivity index (χ1v) is 16.9. The van der Waals surface area contributed by atoms with E-state index >= 15 is 0 Å². The van der Waals surface area contributed by atoms with Crippen LogP contribution < -0.4 is 0 Å². The van der Waals surface area contributed by atoms with Crippen LogP contribution in [-0.4, -0.2) is 4.57 Å². The zero-order chi connectivity index (χ0) is 29.5. The van der Waals surface area contributed by atoms with Crippen LogP contribution in [-0.2, 0) is 0 Å². The molecule has 0 aliphatic carbocycles. The Morgan fingerprint density at radius 3 is 1.56 bits per heavy atom. The Morgan fingerprint density at radius 2 is 0.822 bits per heavy atom. The minimum Gasteiger partial charge on any atom is -0.309 e. The van der Waals surface area contributed by atoms with E-state index in [2.05, 4.69) is 156 Å². The summed E-state index contributed by atoms with van der Waals surface area (Å²) in [5.74, 6) is 0. The van der Waals surface area contributed by atoms with Crippen LogP contribution in [0.5, 0.6) is 0 Å². The predicted octanol–water partition coefficient (Wildman–Crippen LogP) is 12.9. The van der Waals surface area contributed by atoms with E-state index in [0.717, 1.165) is 0 Å². The van der Waals surface area contributed by atoms with Crippen LogP contribution in [0.4, 0.5) is 0 Å². The topological polar surface area (TPSA) is 4.93 Å². The highest BCUT2D eigenvalue weighted by molar-refractivity contribution is 7.26. The molecule has 10 rings (SSSR count). The van der Waals surface area contributed by atoms with E-state index in [1.165, 1.54) is 90.1 Å². The van der Waals surface area contributed by atoms with Crippen LogP contribution >= 0.6 is 22.7 Å². The highest BCUT2D eigenvalue weighted by Crippen LogP contribution is 2.40. The van der Waals surface area contributed by atoms with Gasteiger partial charge in [-0.05, 0) is 89.0 Å². The van der Waals surface area contributed by atoms with Crippen LogP contribution in [0.3, 0.4) is 0 Å². The molecule has 0 aliphatic heterocycles. The van der Waals surface area contributed by atoms with E-state index in [1.807, 2.05) is 22.7 Å². The van der Waals surface area contributed by atoms with Crippen LogP contribution in [0.1, 0.15) is 0 Å². The van der Waals surface area contributed by atoms with Gasteiger partial charge in [-0.2, -0.15) is 0 Å². The van der Waals surface area contributed by atoms with Crippen molar-refractivity contribution in [3.8, 4) is 27.9 Å². The van der Waals surface area contributed by atoms with Gasteiger partial charge in [0.25, 0.3) is 0 Å². The summed E-state index contributed by atoms with van der Waals surface area (Å²) in [7, 11) is 0. The largest absolute Gasteiger partial charge is 0.309 e. The minimum absolute atomic E-state index is 1.20. The molecule has 0 radical (unpaired) electrons. The number of para-hydroxylation sites is 1. The van der Waals surface area contributed by atoms with Crippen molar-refractivity contribution >= 4 is 84.8 Å². The molecule has 7 aromatic carbocycles. The zero-order valence-corrected chi connectivity index (χ0v) is 25.8. The lowest BCUT2D eigenvalue weighted by atomic mass is 9.97. The molecule has 0 amide bonds. The molecule has 0 spiro atoms. The quantitative estimate of drug-likeness (QED) is 0.188.